The van der Waals surface area contributed by atoms with Gasteiger partial charge in [-0.25, -0.2) is 9.18 Å². The Balaban J connectivity index is 1.44. The molecular formula is C28H31FN2O2. The van der Waals surface area contributed by atoms with Gasteiger partial charge in [0, 0.05) is 19.1 Å². The summed E-state index contributed by atoms with van der Waals surface area (Å²) in [6.07, 6.45) is 4.08. The second-order valence-electron chi connectivity index (χ2n) is 8.68. The second-order valence-corrected chi connectivity index (χ2v) is 8.68. The normalized spacial score (nSPS) is 17.9. The minimum absolute atomic E-state index is 0.0849. The maximum absolute atomic E-state index is 13.3. The fourth-order valence-corrected chi connectivity index (χ4v) is 4.62. The van der Waals surface area contributed by atoms with Crippen LogP contribution in [0.3, 0.4) is 0 Å². The number of urea groups is 1. The third kappa shape index (κ3) is 6.13. The number of ether oxygens (including phenoxy) is 1. The number of carbonyl (C=O) groups is 1. The van der Waals surface area contributed by atoms with Crippen molar-refractivity contribution in [1.29, 1.82) is 0 Å². The quantitative estimate of drug-likeness (QED) is 0.465. The van der Waals surface area contributed by atoms with Gasteiger partial charge in [-0.05, 0) is 72.6 Å². The topological polar surface area (TPSA) is 41.6 Å². The second kappa shape index (κ2) is 11.0. The van der Waals surface area contributed by atoms with E-state index in [1.165, 1.54) is 17.7 Å². The van der Waals surface area contributed by atoms with Crippen molar-refractivity contribution in [1.82, 2.24) is 10.2 Å². The summed E-state index contributed by atoms with van der Waals surface area (Å²) in [5.41, 5.74) is 3.33. The Morgan fingerprint density at radius 2 is 1.55 bits per heavy atom. The molecule has 0 heterocycles. The van der Waals surface area contributed by atoms with E-state index in [1.807, 2.05) is 29.2 Å². The Morgan fingerprint density at radius 3 is 2.18 bits per heavy atom. The van der Waals surface area contributed by atoms with E-state index in [9.17, 15) is 9.18 Å². The number of nitrogens with one attached hydrogen (secondary N) is 1. The van der Waals surface area contributed by atoms with Crippen LogP contribution in [0, 0.1) is 5.82 Å². The molecule has 0 aromatic heterocycles. The molecule has 1 saturated carbocycles. The molecule has 1 aliphatic rings. The number of hydrogen-bond acceptors (Lipinski definition) is 2. The maximum Gasteiger partial charge on any atom is 0.318 e. The van der Waals surface area contributed by atoms with Crippen LogP contribution in [-0.2, 0) is 13.1 Å². The first-order chi connectivity index (χ1) is 16.1. The number of hydrogen-bond donors (Lipinski definition) is 1. The Morgan fingerprint density at radius 1 is 0.909 bits per heavy atom. The van der Waals surface area contributed by atoms with E-state index in [-0.39, 0.29) is 17.9 Å². The Kier molecular flexibility index (Phi) is 7.61. The Bertz CT molecular complexity index is 1010. The molecule has 0 atom stereocenters. The highest BCUT2D eigenvalue weighted by Gasteiger charge is 2.29. The van der Waals surface area contributed by atoms with Crippen LogP contribution in [0.2, 0.25) is 0 Å². The fraction of sp³-hybridized carbons (Fsp3) is 0.321. The lowest BCUT2D eigenvalue weighted by molar-refractivity contribution is 0.146. The molecule has 0 aliphatic heterocycles. The molecule has 0 spiro atoms. The third-order valence-corrected chi connectivity index (χ3v) is 6.54. The van der Waals surface area contributed by atoms with Crippen molar-refractivity contribution in [3.63, 3.8) is 0 Å². The van der Waals surface area contributed by atoms with Gasteiger partial charge < -0.3 is 15.0 Å². The summed E-state index contributed by atoms with van der Waals surface area (Å²) in [7, 11) is 1.65. The van der Waals surface area contributed by atoms with E-state index in [0.29, 0.717) is 19.0 Å². The predicted molar refractivity (Wildman–Crippen MR) is 129 cm³/mol. The molecule has 33 heavy (non-hydrogen) atoms. The van der Waals surface area contributed by atoms with Crippen molar-refractivity contribution in [3.8, 4) is 5.75 Å². The number of rotatable bonds is 7. The van der Waals surface area contributed by atoms with Crippen LogP contribution in [0.25, 0.3) is 0 Å². The highest BCUT2D eigenvalue weighted by atomic mass is 19.1. The lowest BCUT2D eigenvalue weighted by atomic mass is 9.81. The van der Waals surface area contributed by atoms with E-state index >= 15 is 0 Å². The molecule has 0 saturated heterocycles. The average Bonchev–Trinajstić information content (AvgIpc) is 2.88. The fourth-order valence-electron chi connectivity index (χ4n) is 4.62. The lowest BCUT2D eigenvalue weighted by Gasteiger charge is -2.37. The van der Waals surface area contributed by atoms with E-state index in [2.05, 4.69) is 35.6 Å². The van der Waals surface area contributed by atoms with Gasteiger partial charge in [-0.15, -0.1) is 0 Å². The summed E-state index contributed by atoms with van der Waals surface area (Å²) in [5.74, 6) is 1.07. The van der Waals surface area contributed by atoms with Crippen LogP contribution in [0.5, 0.6) is 5.75 Å². The van der Waals surface area contributed by atoms with Gasteiger partial charge in [-0.1, -0.05) is 54.6 Å². The molecule has 0 bridgehead atoms. The van der Waals surface area contributed by atoms with Gasteiger partial charge in [0.2, 0.25) is 0 Å². The van der Waals surface area contributed by atoms with E-state index < -0.39 is 0 Å². The minimum Gasteiger partial charge on any atom is -0.497 e. The smallest absolute Gasteiger partial charge is 0.318 e. The average molecular weight is 447 g/mol. The molecule has 1 fully saturated rings. The molecular weight excluding hydrogens is 415 g/mol. The standard InChI is InChI=1S/C28H31FN2O2/c1-33-27-17-9-22(10-18-27)20-31(28(32)30-19-21-7-13-25(29)14-8-21)26-15-11-24(12-16-26)23-5-3-2-4-6-23/h2-10,13-14,17-18,24,26H,11-12,15-16,19-20H2,1H3,(H,30,32). The molecule has 4 rings (SSSR count). The molecule has 0 unspecified atom stereocenters. The summed E-state index contributed by atoms with van der Waals surface area (Å²) < 4.78 is 18.5. The Hall–Kier alpha value is -3.34. The van der Waals surface area contributed by atoms with E-state index in [4.69, 9.17) is 4.74 Å². The molecule has 3 aromatic carbocycles. The molecule has 2 amide bonds. The summed E-state index contributed by atoms with van der Waals surface area (Å²) in [6.45, 7) is 0.914. The van der Waals surface area contributed by atoms with Crippen LogP contribution >= 0.6 is 0 Å². The van der Waals surface area contributed by atoms with Crippen LogP contribution < -0.4 is 10.1 Å². The van der Waals surface area contributed by atoms with Gasteiger partial charge in [0.1, 0.15) is 11.6 Å². The first-order valence-electron chi connectivity index (χ1n) is 11.6. The highest BCUT2D eigenvalue weighted by Crippen LogP contribution is 2.35. The van der Waals surface area contributed by atoms with Crippen molar-refractivity contribution in [2.24, 2.45) is 0 Å². The van der Waals surface area contributed by atoms with Gasteiger partial charge in [0.05, 0.1) is 7.11 Å². The summed E-state index contributed by atoms with van der Waals surface area (Å²) in [4.78, 5) is 15.2. The minimum atomic E-state index is -0.276. The summed E-state index contributed by atoms with van der Waals surface area (Å²) in [5, 5.41) is 3.04. The lowest BCUT2D eigenvalue weighted by Crippen LogP contribution is -2.46. The summed E-state index contributed by atoms with van der Waals surface area (Å²) in [6, 6.07) is 24.9. The van der Waals surface area contributed by atoms with Crippen molar-refractivity contribution < 1.29 is 13.9 Å². The van der Waals surface area contributed by atoms with Gasteiger partial charge >= 0.3 is 6.03 Å². The van der Waals surface area contributed by atoms with Crippen molar-refractivity contribution in [2.75, 3.05) is 7.11 Å². The van der Waals surface area contributed by atoms with Crippen LogP contribution in [0.1, 0.15) is 48.3 Å². The number of nitrogens with zero attached hydrogens (tertiary/aromatic N) is 1. The SMILES string of the molecule is COc1ccc(CN(C(=O)NCc2ccc(F)cc2)C2CCC(c3ccccc3)CC2)cc1. The van der Waals surface area contributed by atoms with E-state index in [1.54, 1.807) is 19.2 Å². The van der Waals surface area contributed by atoms with Crippen LogP contribution in [0.15, 0.2) is 78.9 Å². The monoisotopic (exact) mass is 446 g/mol. The number of methoxy groups -OCH3 is 1. The van der Waals surface area contributed by atoms with Crippen molar-refractivity contribution in [2.45, 2.75) is 50.7 Å². The first kappa shape index (κ1) is 22.8. The molecule has 172 valence electrons. The highest BCUT2D eigenvalue weighted by molar-refractivity contribution is 5.74. The zero-order valence-electron chi connectivity index (χ0n) is 19.0. The molecule has 1 N–H and O–H groups in total. The van der Waals surface area contributed by atoms with E-state index in [0.717, 1.165) is 42.6 Å². The van der Waals surface area contributed by atoms with Gasteiger partial charge in [-0.2, -0.15) is 0 Å². The van der Waals surface area contributed by atoms with Crippen molar-refractivity contribution >= 4 is 6.03 Å². The number of benzene rings is 3. The third-order valence-electron chi connectivity index (χ3n) is 6.54. The number of amides is 2. The number of halogens is 1. The number of carbonyl (C=O) groups excluding carboxylic acids is 1. The Labute approximate surface area is 195 Å². The molecule has 4 nitrogen and oxygen atoms in total. The zero-order chi connectivity index (χ0) is 23.0. The molecule has 3 aromatic rings. The van der Waals surface area contributed by atoms with Crippen molar-refractivity contribution in [3.05, 3.63) is 101 Å². The predicted octanol–water partition coefficient (Wildman–Crippen LogP) is 6.27. The zero-order valence-corrected chi connectivity index (χ0v) is 19.0. The molecule has 1 aliphatic carbocycles. The maximum atomic E-state index is 13.3. The van der Waals surface area contributed by atoms with Gasteiger partial charge in [-0.3, -0.25) is 0 Å². The van der Waals surface area contributed by atoms with Crippen LogP contribution in [0.4, 0.5) is 9.18 Å². The summed E-state index contributed by atoms with van der Waals surface area (Å²) >= 11 is 0. The largest absolute Gasteiger partial charge is 0.497 e. The van der Waals surface area contributed by atoms with Crippen LogP contribution in [-0.4, -0.2) is 24.1 Å². The molecule has 5 heteroatoms. The van der Waals surface area contributed by atoms with Gasteiger partial charge in [0.25, 0.3) is 0 Å². The van der Waals surface area contributed by atoms with Gasteiger partial charge in [0.15, 0.2) is 0 Å². The molecule has 0 radical (unpaired) electrons. The first-order valence-corrected chi connectivity index (χ1v) is 11.6.